The molecule has 1 fully saturated rings. The number of anilines is 1. The number of nitro groups is 1. The number of amides is 2. The number of nitrogens with one attached hydrogen (secondary N) is 1. The fraction of sp³-hybridized carbons (Fsp3) is 0.250. The van der Waals surface area contributed by atoms with Crippen LogP contribution in [0.2, 0.25) is 0 Å². The molecule has 1 aliphatic rings. The number of hydrogen-bond donors (Lipinski definition) is 1. The van der Waals surface area contributed by atoms with Crippen molar-refractivity contribution in [3.63, 3.8) is 0 Å². The van der Waals surface area contributed by atoms with Crippen molar-refractivity contribution in [1.82, 2.24) is 4.90 Å². The molecule has 150 valence electrons. The third-order valence-corrected chi connectivity index (χ3v) is 5.52. The third-order valence-electron chi connectivity index (χ3n) is 4.34. The maximum Gasteiger partial charge on any atom is 0.292 e. The van der Waals surface area contributed by atoms with Crippen molar-refractivity contribution in [1.29, 1.82) is 0 Å². The van der Waals surface area contributed by atoms with Crippen LogP contribution < -0.4 is 5.32 Å². The summed E-state index contributed by atoms with van der Waals surface area (Å²) in [4.78, 5) is 41.7. The fourth-order valence-electron chi connectivity index (χ4n) is 2.85. The number of amidine groups is 1. The Morgan fingerprint density at radius 1 is 1.24 bits per heavy atom. The first-order valence-corrected chi connectivity index (χ1v) is 9.93. The molecular formula is C20H20N4O4S. The van der Waals surface area contributed by atoms with Gasteiger partial charge in [0.2, 0.25) is 11.8 Å². The van der Waals surface area contributed by atoms with Crippen LogP contribution in [-0.4, -0.2) is 38.6 Å². The van der Waals surface area contributed by atoms with Crippen molar-refractivity contribution in [2.45, 2.75) is 25.5 Å². The molecule has 0 saturated carbocycles. The van der Waals surface area contributed by atoms with Crippen LogP contribution in [0.1, 0.15) is 18.9 Å². The second-order valence-electron chi connectivity index (χ2n) is 6.45. The molecule has 8 nitrogen and oxygen atoms in total. The van der Waals surface area contributed by atoms with Gasteiger partial charge in [-0.2, -0.15) is 0 Å². The van der Waals surface area contributed by atoms with Gasteiger partial charge < -0.3 is 5.32 Å². The number of nitro benzene ring substituents is 1. The Kier molecular flexibility index (Phi) is 6.28. The number of benzene rings is 2. The molecule has 29 heavy (non-hydrogen) atoms. The van der Waals surface area contributed by atoms with Gasteiger partial charge in [0.25, 0.3) is 5.69 Å². The van der Waals surface area contributed by atoms with Gasteiger partial charge in [-0.1, -0.05) is 41.6 Å². The van der Waals surface area contributed by atoms with Crippen LogP contribution in [0.25, 0.3) is 0 Å². The SMILES string of the molecule is CCN1C(=O)[C@H](CC(=O)Nc2ccccc2[N+](=O)[O-])SC1=Nc1ccc(C)cc1. The number of para-hydroxylation sites is 2. The maximum atomic E-state index is 12.7. The van der Waals surface area contributed by atoms with Gasteiger partial charge in [0.1, 0.15) is 10.9 Å². The van der Waals surface area contributed by atoms with Crippen LogP contribution in [0.15, 0.2) is 53.5 Å². The molecule has 0 spiro atoms. The van der Waals surface area contributed by atoms with Crippen LogP contribution in [0.4, 0.5) is 17.1 Å². The first kappa shape index (κ1) is 20.5. The first-order valence-electron chi connectivity index (χ1n) is 9.05. The zero-order valence-corrected chi connectivity index (χ0v) is 16.8. The number of carbonyl (C=O) groups excluding carboxylic acids is 2. The van der Waals surface area contributed by atoms with Gasteiger partial charge in [-0.25, -0.2) is 4.99 Å². The van der Waals surface area contributed by atoms with Crippen LogP contribution in [0.5, 0.6) is 0 Å². The van der Waals surface area contributed by atoms with E-state index >= 15 is 0 Å². The normalized spacial score (nSPS) is 17.6. The molecule has 1 heterocycles. The number of aryl methyl sites for hydroxylation is 1. The summed E-state index contributed by atoms with van der Waals surface area (Å²) in [5.41, 5.74) is 1.76. The lowest BCUT2D eigenvalue weighted by atomic mass is 10.2. The minimum absolute atomic E-state index is 0.0982. The molecule has 9 heteroatoms. The molecule has 1 N–H and O–H groups in total. The quantitative estimate of drug-likeness (QED) is 0.572. The van der Waals surface area contributed by atoms with E-state index in [0.717, 1.165) is 11.3 Å². The van der Waals surface area contributed by atoms with E-state index in [-0.39, 0.29) is 23.7 Å². The van der Waals surface area contributed by atoms with Crippen LogP contribution in [-0.2, 0) is 9.59 Å². The fourth-order valence-corrected chi connectivity index (χ4v) is 4.08. The molecule has 0 unspecified atom stereocenters. The number of nitrogens with zero attached hydrogens (tertiary/aromatic N) is 3. The molecule has 0 radical (unpaired) electrons. The van der Waals surface area contributed by atoms with E-state index in [1.165, 1.54) is 30.0 Å². The van der Waals surface area contributed by atoms with Gasteiger partial charge in [0.15, 0.2) is 5.17 Å². The average molecular weight is 412 g/mol. The summed E-state index contributed by atoms with van der Waals surface area (Å²) in [6.45, 7) is 4.27. The molecule has 1 atom stereocenters. The van der Waals surface area contributed by atoms with E-state index in [1.807, 2.05) is 38.1 Å². The predicted molar refractivity (Wildman–Crippen MR) is 113 cm³/mol. The van der Waals surface area contributed by atoms with Crippen LogP contribution in [0, 0.1) is 17.0 Å². The summed E-state index contributed by atoms with van der Waals surface area (Å²) < 4.78 is 0. The zero-order valence-electron chi connectivity index (χ0n) is 16.0. The van der Waals surface area contributed by atoms with Crippen molar-refractivity contribution in [2.75, 3.05) is 11.9 Å². The van der Waals surface area contributed by atoms with Gasteiger partial charge in [0, 0.05) is 19.0 Å². The highest BCUT2D eigenvalue weighted by Crippen LogP contribution is 2.32. The summed E-state index contributed by atoms with van der Waals surface area (Å²) in [7, 11) is 0. The first-order chi connectivity index (χ1) is 13.9. The molecule has 1 aliphatic heterocycles. The summed E-state index contributed by atoms with van der Waals surface area (Å²) in [5.74, 6) is -0.654. The van der Waals surface area contributed by atoms with E-state index in [2.05, 4.69) is 10.3 Å². The Morgan fingerprint density at radius 3 is 2.59 bits per heavy atom. The lowest BCUT2D eigenvalue weighted by molar-refractivity contribution is -0.383. The number of thioether (sulfide) groups is 1. The van der Waals surface area contributed by atoms with Crippen molar-refractivity contribution < 1.29 is 14.5 Å². The molecule has 3 rings (SSSR count). The van der Waals surface area contributed by atoms with Crippen molar-refractivity contribution in [2.24, 2.45) is 4.99 Å². The standard InChI is InChI=1S/C20H20N4O4S/c1-3-23-19(26)17(29-20(23)21-14-10-8-13(2)9-11-14)12-18(25)22-15-6-4-5-7-16(15)24(27)28/h4-11,17H,3,12H2,1-2H3,(H,22,25)/t17-/m0/s1. The van der Waals surface area contributed by atoms with E-state index in [1.54, 1.807) is 11.0 Å². The highest BCUT2D eigenvalue weighted by Gasteiger charge is 2.38. The van der Waals surface area contributed by atoms with Crippen molar-refractivity contribution >= 4 is 45.8 Å². The van der Waals surface area contributed by atoms with Gasteiger partial charge in [-0.3, -0.25) is 24.6 Å². The Bertz CT molecular complexity index is 975. The summed E-state index contributed by atoms with van der Waals surface area (Å²) in [6.07, 6.45) is -0.0982. The second kappa shape index (κ2) is 8.87. The summed E-state index contributed by atoms with van der Waals surface area (Å²) in [6, 6.07) is 13.5. The van der Waals surface area contributed by atoms with Gasteiger partial charge in [-0.15, -0.1) is 0 Å². The van der Waals surface area contributed by atoms with Crippen LogP contribution in [0.3, 0.4) is 0 Å². The number of rotatable bonds is 6. The molecular weight excluding hydrogens is 392 g/mol. The molecule has 2 aromatic carbocycles. The second-order valence-corrected chi connectivity index (χ2v) is 7.62. The highest BCUT2D eigenvalue weighted by molar-refractivity contribution is 8.15. The number of hydrogen-bond acceptors (Lipinski definition) is 6. The van der Waals surface area contributed by atoms with Gasteiger partial charge in [-0.05, 0) is 32.0 Å². The van der Waals surface area contributed by atoms with E-state index in [0.29, 0.717) is 11.7 Å². The lowest BCUT2D eigenvalue weighted by Crippen LogP contribution is -2.33. The predicted octanol–water partition coefficient (Wildman–Crippen LogP) is 3.88. The molecule has 0 aliphatic carbocycles. The van der Waals surface area contributed by atoms with Gasteiger partial charge in [0.05, 0.1) is 10.6 Å². The minimum Gasteiger partial charge on any atom is -0.320 e. The van der Waals surface area contributed by atoms with Crippen molar-refractivity contribution in [3.8, 4) is 0 Å². The topological polar surface area (TPSA) is 105 Å². The average Bonchev–Trinajstić information content (AvgIpc) is 2.98. The third kappa shape index (κ3) is 4.80. The Hall–Kier alpha value is -3.20. The Balaban J connectivity index is 1.73. The van der Waals surface area contributed by atoms with E-state index < -0.39 is 16.1 Å². The Morgan fingerprint density at radius 2 is 1.93 bits per heavy atom. The lowest BCUT2D eigenvalue weighted by Gasteiger charge is -2.13. The maximum absolute atomic E-state index is 12.7. The molecule has 2 aromatic rings. The Labute approximate surface area is 172 Å². The zero-order chi connectivity index (χ0) is 21.0. The van der Waals surface area contributed by atoms with E-state index in [4.69, 9.17) is 0 Å². The highest BCUT2D eigenvalue weighted by atomic mass is 32.2. The molecule has 0 bridgehead atoms. The molecule has 0 aromatic heterocycles. The largest absolute Gasteiger partial charge is 0.320 e. The van der Waals surface area contributed by atoms with Crippen LogP contribution >= 0.6 is 11.8 Å². The molecule has 2 amide bonds. The smallest absolute Gasteiger partial charge is 0.292 e. The number of aliphatic imine (C=N–C) groups is 1. The monoisotopic (exact) mass is 412 g/mol. The minimum atomic E-state index is -0.623. The van der Waals surface area contributed by atoms with E-state index in [9.17, 15) is 19.7 Å². The summed E-state index contributed by atoms with van der Waals surface area (Å²) >= 11 is 1.23. The van der Waals surface area contributed by atoms with Crippen molar-refractivity contribution in [3.05, 3.63) is 64.2 Å². The number of carbonyl (C=O) groups is 2. The van der Waals surface area contributed by atoms with Gasteiger partial charge >= 0.3 is 0 Å². The summed E-state index contributed by atoms with van der Waals surface area (Å²) in [5, 5.41) is 13.6. The molecule has 1 saturated heterocycles.